The predicted molar refractivity (Wildman–Crippen MR) is 52.7 cm³/mol. The van der Waals surface area contributed by atoms with Crippen molar-refractivity contribution in [2.24, 2.45) is 11.7 Å². The topological polar surface area (TPSA) is 92.4 Å². The molecule has 2 atom stereocenters. The summed E-state index contributed by atoms with van der Waals surface area (Å²) in [5.74, 6) is -1.78. The molecule has 0 heterocycles. The van der Waals surface area contributed by atoms with Gasteiger partial charge in [-0.2, -0.15) is 0 Å². The molecule has 0 aliphatic carbocycles. The zero-order valence-electron chi connectivity index (χ0n) is 8.62. The molecule has 4 N–H and O–H groups in total. The van der Waals surface area contributed by atoms with Gasteiger partial charge in [0.05, 0.1) is 12.0 Å². The highest BCUT2D eigenvalue weighted by Gasteiger charge is 2.15. The number of rotatable bonds is 6. The zero-order valence-corrected chi connectivity index (χ0v) is 8.62. The van der Waals surface area contributed by atoms with Crippen molar-refractivity contribution in [3.05, 3.63) is 0 Å². The lowest BCUT2D eigenvalue weighted by atomic mass is 10.1. The normalized spacial score (nSPS) is 14.5. The number of carboxylic acid groups (broad SMARTS) is 1. The lowest BCUT2D eigenvalue weighted by Crippen LogP contribution is -2.42. The number of carboxylic acids is 1. The first-order chi connectivity index (χ1) is 6.49. The van der Waals surface area contributed by atoms with Crippen LogP contribution in [0.3, 0.4) is 0 Å². The Morgan fingerprint density at radius 2 is 2.07 bits per heavy atom. The minimum absolute atomic E-state index is 0.131. The van der Waals surface area contributed by atoms with Gasteiger partial charge in [-0.3, -0.25) is 9.59 Å². The van der Waals surface area contributed by atoms with E-state index in [1.54, 1.807) is 0 Å². The highest BCUT2D eigenvalue weighted by Crippen LogP contribution is 1.95. The summed E-state index contributed by atoms with van der Waals surface area (Å²) < 4.78 is 0. The van der Waals surface area contributed by atoms with Crippen molar-refractivity contribution in [3.8, 4) is 0 Å². The molecule has 0 fully saturated rings. The van der Waals surface area contributed by atoms with Gasteiger partial charge in [-0.05, 0) is 6.42 Å². The van der Waals surface area contributed by atoms with Crippen LogP contribution in [0.5, 0.6) is 0 Å². The van der Waals surface area contributed by atoms with Crippen molar-refractivity contribution < 1.29 is 14.7 Å². The molecule has 0 rings (SSSR count). The Bertz CT molecular complexity index is 206. The molecule has 5 nitrogen and oxygen atoms in total. The standard InChI is InChI=1S/C9H18N2O3/c1-3-4-7(10)8(12)11-5-6(2)9(13)14/h6-7H,3-5,10H2,1-2H3,(H,11,12)(H,13,14). The van der Waals surface area contributed by atoms with Crippen LogP contribution < -0.4 is 11.1 Å². The summed E-state index contributed by atoms with van der Waals surface area (Å²) >= 11 is 0. The molecule has 14 heavy (non-hydrogen) atoms. The average molecular weight is 202 g/mol. The minimum Gasteiger partial charge on any atom is -0.481 e. The van der Waals surface area contributed by atoms with Crippen molar-refractivity contribution in [1.29, 1.82) is 0 Å². The molecule has 5 heteroatoms. The third-order valence-corrected chi connectivity index (χ3v) is 1.94. The second-order valence-corrected chi connectivity index (χ2v) is 3.38. The zero-order chi connectivity index (χ0) is 11.1. The lowest BCUT2D eigenvalue weighted by Gasteiger charge is -2.12. The van der Waals surface area contributed by atoms with Crippen LogP contribution in [0, 0.1) is 5.92 Å². The first-order valence-electron chi connectivity index (χ1n) is 4.75. The second-order valence-electron chi connectivity index (χ2n) is 3.38. The third-order valence-electron chi connectivity index (χ3n) is 1.94. The van der Waals surface area contributed by atoms with E-state index in [2.05, 4.69) is 5.32 Å². The van der Waals surface area contributed by atoms with Gasteiger partial charge in [0.1, 0.15) is 0 Å². The Hall–Kier alpha value is -1.10. The van der Waals surface area contributed by atoms with Crippen molar-refractivity contribution in [3.63, 3.8) is 0 Å². The van der Waals surface area contributed by atoms with Crippen molar-refractivity contribution >= 4 is 11.9 Å². The Balaban J connectivity index is 3.78. The SMILES string of the molecule is CCCC(N)C(=O)NCC(C)C(=O)O. The lowest BCUT2D eigenvalue weighted by molar-refractivity contribution is -0.141. The van der Waals surface area contributed by atoms with E-state index >= 15 is 0 Å². The van der Waals surface area contributed by atoms with Crippen LogP contribution in [0.25, 0.3) is 0 Å². The average Bonchev–Trinajstić information content (AvgIpc) is 2.13. The van der Waals surface area contributed by atoms with Gasteiger partial charge in [-0.1, -0.05) is 20.3 Å². The van der Waals surface area contributed by atoms with E-state index in [9.17, 15) is 9.59 Å². The van der Waals surface area contributed by atoms with Gasteiger partial charge in [-0.25, -0.2) is 0 Å². The van der Waals surface area contributed by atoms with E-state index in [4.69, 9.17) is 10.8 Å². The van der Waals surface area contributed by atoms with Gasteiger partial charge in [0.2, 0.25) is 5.91 Å². The van der Waals surface area contributed by atoms with Crippen LogP contribution in [0.4, 0.5) is 0 Å². The van der Waals surface area contributed by atoms with Crippen LogP contribution in [-0.4, -0.2) is 29.6 Å². The number of hydrogen-bond donors (Lipinski definition) is 3. The van der Waals surface area contributed by atoms with E-state index in [0.29, 0.717) is 6.42 Å². The summed E-state index contributed by atoms with van der Waals surface area (Å²) in [7, 11) is 0. The summed E-state index contributed by atoms with van der Waals surface area (Å²) in [6.07, 6.45) is 1.45. The molecular weight excluding hydrogens is 184 g/mol. The molecule has 0 bridgehead atoms. The summed E-state index contributed by atoms with van der Waals surface area (Å²) in [5.41, 5.74) is 5.53. The van der Waals surface area contributed by atoms with Crippen LogP contribution in [-0.2, 0) is 9.59 Å². The number of carbonyl (C=O) groups excluding carboxylic acids is 1. The van der Waals surface area contributed by atoms with Gasteiger partial charge >= 0.3 is 5.97 Å². The fourth-order valence-corrected chi connectivity index (χ4v) is 0.914. The van der Waals surface area contributed by atoms with Gasteiger partial charge in [0.25, 0.3) is 0 Å². The highest BCUT2D eigenvalue weighted by molar-refractivity contribution is 5.82. The molecule has 0 aliphatic rings. The Kier molecular flexibility index (Phi) is 5.87. The van der Waals surface area contributed by atoms with E-state index in [0.717, 1.165) is 6.42 Å². The predicted octanol–water partition coefficient (Wildman–Crippen LogP) is -0.0493. The number of hydrogen-bond acceptors (Lipinski definition) is 3. The highest BCUT2D eigenvalue weighted by atomic mass is 16.4. The Labute approximate surface area is 83.7 Å². The summed E-state index contributed by atoms with van der Waals surface area (Å²) in [5, 5.41) is 11.1. The molecule has 0 spiro atoms. The van der Waals surface area contributed by atoms with Crippen LogP contribution in [0.15, 0.2) is 0 Å². The number of amides is 1. The van der Waals surface area contributed by atoms with Crippen molar-refractivity contribution in [2.45, 2.75) is 32.7 Å². The van der Waals surface area contributed by atoms with Crippen LogP contribution in [0.2, 0.25) is 0 Å². The summed E-state index contributed by atoms with van der Waals surface area (Å²) in [4.78, 5) is 21.7. The van der Waals surface area contributed by atoms with Crippen LogP contribution >= 0.6 is 0 Å². The van der Waals surface area contributed by atoms with E-state index < -0.39 is 17.9 Å². The van der Waals surface area contributed by atoms with E-state index in [1.165, 1.54) is 6.92 Å². The van der Waals surface area contributed by atoms with Crippen molar-refractivity contribution in [1.82, 2.24) is 5.32 Å². The second kappa shape index (κ2) is 6.37. The number of nitrogens with two attached hydrogens (primary N) is 1. The van der Waals surface area contributed by atoms with Crippen molar-refractivity contribution in [2.75, 3.05) is 6.54 Å². The first-order valence-corrected chi connectivity index (χ1v) is 4.75. The smallest absolute Gasteiger partial charge is 0.308 e. The molecule has 0 aliphatic heterocycles. The molecule has 0 saturated carbocycles. The van der Waals surface area contributed by atoms with Gasteiger partial charge in [0, 0.05) is 6.54 Å². The fraction of sp³-hybridized carbons (Fsp3) is 0.778. The summed E-state index contributed by atoms with van der Waals surface area (Å²) in [6, 6.07) is -0.527. The third kappa shape index (κ3) is 4.81. The maximum absolute atomic E-state index is 11.2. The Morgan fingerprint density at radius 3 is 2.50 bits per heavy atom. The van der Waals surface area contributed by atoms with Gasteiger partial charge < -0.3 is 16.2 Å². The van der Waals surface area contributed by atoms with Gasteiger partial charge in [0.15, 0.2) is 0 Å². The molecular formula is C9H18N2O3. The molecule has 1 amide bonds. The molecule has 0 radical (unpaired) electrons. The number of nitrogens with one attached hydrogen (secondary N) is 1. The molecule has 82 valence electrons. The Morgan fingerprint density at radius 1 is 1.50 bits per heavy atom. The molecule has 0 aromatic carbocycles. The maximum atomic E-state index is 11.2. The largest absolute Gasteiger partial charge is 0.481 e. The molecule has 0 aromatic heterocycles. The monoisotopic (exact) mass is 202 g/mol. The first kappa shape index (κ1) is 12.9. The number of carbonyl (C=O) groups is 2. The van der Waals surface area contributed by atoms with E-state index in [-0.39, 0.29) is 12.5 Å². The molecule has 0 saturated heterocycles. The molecule has 2 unspecified atom stereocenters. The quantitative estimate of drug-likeness (QED) is 0.563. The minimum atomic E-state index is -0.922. The number of aliphatic carboxylic acids is 1. The van der Waals surface area contributed by atoms with Gasteiger partial charge in [-0.15, -0.1) is 0 Å². The van der Waals surface area contributed by atoms with Crippen LogP contribution in [0.1, 0.15) is 26.7 Å². The molecule has 0 aromatic rings. The maximum Gasteiger partial charge on any atom is 0.308 e. The fourth-order valence-electron chi connectivity index (χ4n) is 0.914. The van der Waals surface area contributed by atoms with E-state index in [1.807, 2.05) is 6.92 Å². The summed E-state index contributed by atoms with van der Waals surface area (Å²) in [6.45, 7) is 3.60.